The second kappa shape index (κ2) is 8.35. The monoisotopic (exact) mass is 339 g/mol. The molecule has 26 heavy (non-hydrogen) atoms. The molecule has 1 aliphatic heterocycles. The Morgan fingerprint density at radius 2 is 1.77 bits per heavy atom. The van der Waals surface area contributed by atoms with E-state index >= 15 is 0 Å². The minimum Gasteiger partial charge on any atom is -0.341 e. The number of nitrogens with zero attached hydrogens (tertiary/aromatic N) is 1. The van der Waals surface area contributed by atoms with Crippen LogP contribution in [0.1, 0.15) is 23.6 Å². The summed E-state index contributed by atoms with van der Waals surface area (Å²) >= 11 is 0. The molecule has 0 amide bonds. The molecule has 1 nitrogen and oxygen atoms in total. The number of hydrogen-bond acceptors (Lipinski definition) is 1. The molecule has 0 aromatic heterocycles. The number of benzene rings is 2. The maximum absolute atomic E-state index is 4.12. The molecule has 0 fully saturated rings. The average Bonchev–Trinajstić information content (AvgIpc) is 2.67. The van der Waals surface area contributed by atoms with E-state index in [1.54, 1.807) is 0 Å². The largest absolute Gasteiger partial charge is 0.341 e. The van der Waals surface area contributed by atoms with Crippen LogP contribution >= 0.6 is 0 Å². The van der Waals surface area contributed by atoms with Crippen LogP contribution in [0.15, 0.2) is 96.8 Å². The van der Waals surface area contributed by atoms with E-state index in [4.69, 9.17) is 0 Å². The van der Waals surface area contributed by atoms with Gasteiger partial charge in [-0.15, -0.1) is 0 Å². The van der Waals surface area contributed by atoms with Gasteiger partial charge in [-0.1, -0.05) is 79.4 Å². The maximum Gasteiger partial charge on any atom is 0.0484 e. The summed E-state index contributed by atoms with van der Waals surface area (Å²) in [5, 5.41) is 0. The molecule has 0 atom stereocenters. The van der Waals surface area contributed by atoms with Crippen molar-refractivity contribution in [2.75, 3.05) is 11.4 Å². The van der Waals surface area contributed by atoms with E-state index in [1.165, 1.54) is 28.1 Å². The van der Waals surface area contributed by atoms with Crippen LogP contribution in [-0.2, 0) is 0 Å². The Hall–Kier alpha value is -3.06. The van der Waals surface area contributed by atoms with Gasteiger partial charge in [0, 0.05) is 17.9 Å². The van der Waals surface area contributed by atoms with Crippen molar-refractivity contribution in [3.63, 3.8) is 0 Å². The summed E-state index contributed by atoms with van der Waals surface area (Å²) < 4.78 is 0. The predicted molar refractivity (Wildman–Crippen MR) is 115 cm³/mol. The summed E-state index contributed by atoms with van der Waals surface area (Å²) in [6.45, 7) is 9.36. The fourth-order valence-electron chi connectivity index (χ4n) is 3.07. The fraction of sp³-hybridized carbons (Fsp3) is 0.120. The van der Waals surface area contributed by atoms with Crippen molar-refractivity contribution < 1.29 is 0 Å². The van der Waals surface area contributed by atoms with Gasteiger partial charge in [0.25, 0.3) is 0 Å². The Morgan fingerprint density at radius 3 is 2.58 bits per heavy atom. The molecule has 0 unspecified atom stereocenters. The third kappa shape index (κ3) is 4.12. The van der Waals surface area contributed by atoms with Crippen molar-refractivity contribution in [2.24, 2.45) is 0 Å². The highest BCUT2D eigenvalue weighted by Gasteiger charge is 2.14. The molecule has 2 aromatic carbocycles. The van der Waals surface area contributed by atoms with E-state index in [0.717, 1.165) is 12.1 Å². The van der Waals surface area contributed by atoms with E-state index in [2.05, 4.69) is 110 Å². The number of para-hydroxylation sites is 1. The third-order valence-electron chi connectivity index (χ3n) is 4.53. The third-order valence-corrected chi connectivity index (χ3v) is 4.53. The van der Waals surface area contributed by atoms with Gasteiger partial charge in [-0.05, 0) is 54.3 Å². The molecule has 0 radical (unpaired) electrons. The van der Waals surface area contributed by atoms with Crippen LogP contribution in [0.3, 0.4) is 0 Å². The second-order valence-electron chi connectivity index (χ2n) is 6.35. The molecule has 1 heterocycles. The predicted octanol–water partition coefficient (Wildman–Crippen LogP) is 6.56. The molecule has 130 valence electrons. The molecule has 3 rings (SSSR count). The molecule has 0 saturated heterocycles. The molecule has 0 spiro atoms. The number of fused-ring (bicyclic) bond motifs is 1. The van der Waals surface area contributed by atoms with Crippen molar-refractivity contribution in [2.45, 2.75) is 13.8 Å². The van der Waals surface area contributed by atoms with Crippen molar-refractivity contribution in [3.8, 4) is 0 Å². The zero-order chi connectivity index (χ0) is 18.4. The maximum atomic E-state index is 4.12. The lowest BCUT2D eigenvalue weighted by Crippen LogP contribution is -2.23. The van der Waals surface area contributed by atoms with Crippen LogP contribution in [0.2, 0.25) is 0 Å². The van der Waals surface area contributed by atoms with Gasteiger partial charge < -0.3 is 4.90 Å². The Morgan fingerprint density at radius 1 is 1.00 bits per heavy atom. The molecule has 0 aliphatic carbocycles. The molecule has 0 N–H and O–H groups in total. The molecule has 2 aromatic rings. The van der Waals surface area contributed by atoms with Crippen LogP contribution < -0.4 is 4.90 Å². The number of anilines is 1. The van der Waals surface area contributed by atoms with Crippen LogP contribution in [0.25, 0.3) is 12.2 Å². The molecule has 0 saturated carbocycles. The summed E-state index contributed by atoms with van der Waals surface area (Å²) in [5.41, 5.74) is 7.19. The van der Waals surface area contributed by atoms with Crippen LogP contribution in [0, 0.1) is 6.92 Å². The zero-order valence-corrected chi connectivity index (χ0v) is 15.5. The van der Waals surface area contributed by atoms with E-state index in [-0.39, 0.29) is 0 Å². The number of allylic oxidation sites excluding steroid dienone is 6. The van der Waals surface area contributed by atoms with Gasteiger partial charge in [0.15, 0.2) is 0 Å². The van der Waals surface area contributed by atoms with Gasteiger partial charge in [0.05, 0.1) is 0 Å². The lowest BCUT2D eigenvalue weighted by Gasteiger charge is -2.29. The summed E-state index contributed by atoms with van der Waals surface area (Å²) in [7, 11) is 0. The summed E-state index contributed by atoms with van der Waals surface area (Å²) in [6, 6.07) is 16.8. The van der Waals surface area contributed by atoms with Crippen LogP contribution in [-0.4, -0.2) is 6.54 Å². The highest BCUT2D eigenvalue weighted by atomic mass is 15.1. The first kappa shape index (κ1) is 17.8. The van der Waals surface area contributed by atoms with Crippen molar-refractivity contribution in [1.82, 2.24) is 0 Å². The standard InChI is InChI=1S/C25H25N/c1-4-26-24(19-18-23-13-7-8-15-25(23)26)14-9-10-20(2)16-17-22-12-6-5-11-21(22)3/h5-19H,2,4H2,1,3H3/b10-9?,17-16-,24-14+. The molecule has 1 heteroatoms. The number of aryl methyl sites for hydroxylation is 1. The molecule has 0 bridgehead atoms. The normalized spacial score (nSPS) is 15.2. The highest BCUT2D eigenvalue weighted by Crippen LogP contribution is 2.30. The molecular formula is C25H25N. The van der Waals surface area contributed by atoms with E-state index < -0.39 is 0 Å². The SMILES string of the molecule is C=C(C=C/C=C1\C=Cc2ccccc2N1CC)/C=C\c1ccccc1C. The van der Waals surface area contributed by atoms with Gasteiger partial charge in [-0.3, -0.25) is 0 Å². The Labute approximate surface area is 157 Å². The second-order valence-corrected chi connectivity index (χ2v) is 6.35. The first-order valence-corrected chi connectivity index (χ1v) is 9.04. The Bertz CT molecular complexity index is 909. The summed E-state index contributed by atoms with van der Waals surface area (Å²) in [5.74, 6) is 0. The van der Waals surface area contributed by atoms with Gasteiger partial charge in [-0.2, -0.15) is 0 Å². The van der Waals surface area contributed by atoms with Gasteiger partial charge in [-0.25, -0.2) is 0 Å². The first-order valence-electron chi connectivity index (χ1n) is 9.04. The van der Waals surface area contributed by atoms with Gasteiger partial charge in [0.2, 0.25) is 0 Å². The van der Waals surface area contributed by atoms with E-state index in [0.29, 0.717) is 0 Å². The lowest BCUT2D eigenvalue weighted by molar-refractivity contribution is 0.971. The number of likely N-dealkylation sites (N-methyl/N-ethyl adjacent to an activating group) is 1. The topological polar surface area (TPSA) is 3.24 Å². The average molecular weight is 339 g/mol. The molecule has 1 aliphatic rings. The van der Waals surface area contributed by atoms with E-state index in [9.17, 15) is 0 Å². The molecular weight excluding hydrogens is 314 g/mol. The number of hydrogen-bond donors (Lipinski definition) is 0. The van der Waals surface area contributed by atoms with Crippen molar-refractivity contribution >= 4 is 17.8 Å². The highest BCUT2D eigenvalue weighted by molar-refractivity contribution is 5.76. The van der Waals surface area contributed by atoms with Crippen LogP contribution in [0.4, 0.5) is 5.69 Å². The first-order chi connectivity index (χ1) is 12.7. The van der Waals surface area contributed by atoms with Gasteiger partial charge in [0.1, 0.15) is 0 Å². The van der Waals surface area contributed by atoms with E-state index in [1.807, 2.05) is 6.08 Å². The minimum absolute atomic E-state index is 0.940. The zero-order valence-electron chi connectivity index (χ0n) is 15.5. The number of rotatable bonds is 5. The van der Waals surface area contributed by atoms with Gasteiger partial charge >= 0.3 is 0 Å². The Balaban J connectivity index is 1.71. The van der Waals surface area contributed by atoms with Crippen molar-refractivity contribution in [3.05, 3.63) is 113 Å². The van der Waals surface area contributed by atoms with Crippen LogP contribution in [0.5, 0.6) is 0 Å². The smallest absolute Gasteiger partial charge is 0.0484 e. The quantitative estimate of drug-likeness (QED) is 0.558. The minimum atomic E-state index is 0.940. The van der Waals surface area contributed by atoms with Crippen molar-refractivity contribution in [1.29, 1.82) is 0 Å². The fourth-order valence-corrected chi connectivity index (χ4v) is 3.07. The Kier molecular flexibility index (Phi) is 5.70. The summed E-state index contributed by atoms with van der Waals surface area (Å²) in [4.78, 5) is 2.33. The lowest BCUT2D eigenvalue weighted by atomic mass is 10.1. The summed E-state index contributed by atoms with van der Waals surface area (Å²) in [6.07, 6.45) is 14.8.